The second kappa shape index (κ2) is 9.07. The van der Waals surface area contributed by atoms with Crippen molar-refractivity contribution in [2.45, 2.75) is 37.5 Å². The van der Waals surface area contributed by atoms with Crippen LogP contribution in [0.2, 0.25) is 5.02 Å². The number of benzene rings is 2. The highest BCUT2D eigenvalue weighted by atomic mass is 35.5. The zero-order chi connectivity index (χ0) is 20.1. The van der Waals surface area contributed by atoms with Crippen molar-refractivity contribution in [2.24, 2.45) is 0 Å². The number of hydrogen-bond acceptors (Lipinski definition) is 3. The number of aryl methyl sites for hydroxylation is 1. The van der Waals surface area contributed by atoms with Gasteiger partial charge < -0.3 is 5.32 Å². The highest BCUT2D eigenvalue weighted by Gasteiger charge is 2.28. The molecule has 1 aliphatic rings. The Hall–Kier alpha value is -1.89. The van der Waals surface area contributed by atoms with E-state index in [1.54, 1.807) is 19.1 Å². The molecule has 0 saturated carbocycles. The maximum Gasteiger partial charge on any atom is 0.251 e. The molecule has 1 heterocycles. The van der Waals surface area contributed by atoms with Crippen molar-refractivity contribution in [1.82, 2.24) is 9.62 Å². The van der Waals surface area contributed by atoms with Crippen molar-refractivity contribution in [3.8, 4) is 0 Å². The first kappa shape index (κ1) is 20.8. The van der Waals surface area contributed by atoms with E-state index in [0.29, 0.717) is 42.2 Å². The van der Waals surface area contributed by atoms with E-state index in [1.807, 2.05) is 24.3 Å². The van der Waals surface area contributed by atoms with Crippen molar-refractivity contribution < 1.29 is 13.2 Å². The number of carbonyl (C=O) groups is 1. The predicted molar refractivity (Wildman–Crippen MR) is 111 cm³/mol. The van der Waals surface area contributed by atoms with Crippen LogP contribution in [-0.4, -0.2) is 38.3 Å². The van der Waals surface area contributed by atoms with Gasteiger partial charge >= 0.3 is 0 Å². The predicted octanol–water partition coefficient (Wildman–Crippen LogP) is 3.80. The molecule has 5 nitrogen and oxygen atoms in total. The number of nitrogens with zero attached hydrogens (tertiary/aromatic N) is 1. The monoisotopic (exact) mass is 420 g/mol. The van der Waals surface area contributed by atoms with Crippen LogP contribution in [0, 0.1) is 6.92 Å². The number of hydrogen-bond donors (Lipinski definition) is 1. The number of carbonyl (C=O) groups excluding carboxylic acids is 1. The Bertz CT molecular complexity index is 937. The van der Waals surface area contributed by atoms with Crippen molar-refractivity contribution in [3.05, 3.63) is 64.2 Å². The lowest BCUT2D eigenvalue weighted by atomic mass is 10.1. The zero-order valence-electron chi connectivity index (χ0n) is 15.9. The smallest absolute Gasteiger partial charge is 0.251 e. The summed E-state index contributed by atoms with van der Waals surface area (Å²) in [6, 6.07) is 12.3. The number of nitrogens with one attached hydrogen (secondary N) is 1. The van der Waals surface area contributed by atoms with Gasteiger partial charge in [-0.1, -0.05) is 36.2 Å². The third kappa shape index (κ3) is 4.93. The molecule has 2 aromatic rings. The molecule has 7 heteroatoms. The van der Waals surface area contributed by atoms with Crippen LogP contribution in [0.15, 0.2) is 47.4 Å². The van der Waals surface area contributed by atoms with Gasteiger partial charge in [-0.25, -0.2) is 8.42 Å². The van der Waals surface area contributed by atoms with E-state index in [9.17, 15) is 13.2 Å². The molecule has 1 aliphatic heterocycles. The summed E-state index contributed by atoms with van der Waals surface area (Å²) in [5.74, 6) is -0.274. The Balaban J connectivity index is 1.69. The van der Waals surface area contributed by atoms with Gasteiger partial charge in [0, 0.05) is 30.2 Å². The summed E-state index contributed by atoms with van der Waals surface area (Å²) in [4.78, 5) is 12.7. The summed E-state index contributed by atoms with van der Waals surface area (Å²) in [6.45, 7) is 3.31. The molecule has 0 spiro atoms. The summed E-state index contributed by atoms with van der Waals surface area (Å²) < 4.78 is 27.5. The van der Waals surface area contributed by atoms with Crippen molar-refractivity contribution in [1.29, 1.82) is 0 Å². The number of amides is 1. The standard InChI is InChI=1S/C21H25ClN2O3S/c1-16-5-8-18(15-20(16)28(26,27)24-13-3-2-4-14-24)21(25)23-12-11-17-6-9-19(22)10-7-17/h5-10,15H,2-4,11-14H2,1H3,(H,23,25). The van der Waals surface area contributed by atoms with Gasteiger partial charge in [0.2, 0.25) is 10.0 Å². The molecule has 3 rings (SSSR count). The van der Waals surface area contributed by atoms with Crippen LogP contribution in [0.5, 0.6) is 0 Å². The normalized spacial score (nSPS) is 15.4. The lowest BCUT2D eigenvalue weighted by Crippen LogP contribution is -2.36. The molecular formula is C21H25ClN2O3S. The first-order valence-corrected chi connectivity index (χ1v) is 11.3. The van der Waals surface area contributed by atoms with Crippen LogP contribution in [0.4, 0.5) is 0 Å². The second-order valence-corrected chi connectivity index (χ2v) is 9.42. The van der Waals surface area contributed by atoms with Gasteiger partial charge in [0.15, 0.2) is 0 Å². The fourth-order valence-corrected chi connectivity index (χ4v) is 5.23. The quantitative estimate of drug-likeness (QED) is 0.772. The minimum absolute atomic E-state index is 0.222. The van der Waals surface area contributed by atoms with E-state index < -0.39 is 10.0 Å². The molecule has 2 aromatic carbocycles. The van der Waals surface area contributed by atoms with E-state index in [2.05, 4.69) is 5.32 Å². The second-order valence-electron chi connectivity index (χ2n) is 7.08. The molecule has 1 N–H and O–H groups in total. The Morgan fingerprint density at radius 1 is 1.07 bits per heavy atom. The Morgan fingerprint density at radius 2 is 1.75 bits per heavy atom. The highest BCUT2D eigenvalue weighted by molar-refractivity contribution is 7.89. The average Bonchev–Trinajstić information content (AvgIpc) is 2.70. The summed E-state index contributed by atoms with van der Waals surface area (Å²) in [5.41, 5.74) is 2.09. The minimum Gasteiger partial charge on any atom is -0.352 e. The molecule has 1 saturated heterocycles. The maximum absolute atomic E-state index is 13.0. The van der Waals surface area contributed by atoms with E-state index >= 15 is 0 Å². The summed E-state index contributed by atoms with van der Waals surface area (Å²) in [5, 5.41) is 3.54. The van der Waals surface area contributed by atoms with Gasteiger partial charge in [-0.15, -0.1) is 0 Å². The fraction of sp³-hybridized carbons (Fsp3) is 0.381. The summed E-state index contributed by atoms with van der Waals surface area (Å²) in [6.07, 6.45) is 3.49. The van der Waals surface area contributed by atoms with E-state index in [-0.39, 0.29) is 10.8 Å². The van der Waals surface area contributed by atoms with Gasteiger partial charge in [0.25, 0.3) is 5.91 Å². The SMILES string of the molecule is Cc1ccc(C(=O)NCCc2ccc(Cl)cc2)cc1S(=O)(=O)N1CCCCC1. The summed E-state index contributed by atoms with van der Waals surface area (Å²) >= 11 is 5.87. The average molecular weight is 421 g/mol. The Kier molecular flexibility index (Phi) is 6.75. The highest BCUT2D eigenvalue weighted by Crippen LogP contribution is 2.24. The van der Waals surface area contributed by atoms with Gasteiger partial charge in [-0.2, -0.15) is 4.31 Å². The van der Waals surface area contributed by atoms with Crippen LogP contribution < -0.4 is 5.32 Å². The van der Waals surface area contributed by atoms with E-state index in [4.69, 9.17) is 11.6 Å². The fourth-order valence-electron chi connectivity index (χ4n) is 3.34. The van der Waals surface area contributed by atoms with Crippen LogP contribution >= 0.6 is 11.6 Å². The number of piperidine rings is 1. The molecule has 1 fully saturated rings. The largest absolute Gasteiger partial charge is 0.352 e. The maximum atomic E-state index is 13.0. The van der Waals surface area contributed by atoms with Crippen LogP contribution in [0.3, 0.4) is 0 Å². The van der Waals surface area contributed by atoms with Crippen molar-refractivity contribution in [3.63, 3.8) is 0 Å². The summed E-state index contributed by atoms with van der Waals surface area (Å²) in [7, 11) is -3.58. The molecule has 150 valence electrons. The minimum atomic E-state index is -3.58. The first-order chi connectivity index (χ1) is 13.4. The van der Waals surface area contributed by atoms with Gasteiger partial charge in [-0.05, 0) is 61.6 Å². The molecule has 0 radical (unpaired) electrons. The van der Waals surface area contributed by atoms with E-state index in [0.717, 1.165) is 24.8 Å². The van der Waals surface area contributed by atoms with Crippen molar-refractivity contribution in [2.75, 3.05) is 19.6 Å². The Labute approximate surface area is 171 Å². The van der Waals surface area contributed by atoms with Crippen LogP contribution in [0.1, 0.15) is 40.7 Å². The Morgan fingerprint density at radius 3 is 2.43 bits per heavy atom. The molecule has 1 amide bonds. The zero-order valence-corrected chi connectivity index (χ0v) is 17.5. The van der Waals surface area contributed by atoms with Crippen molar-refractivity contribution >= 4 is 27.5 Å². The number of halogens is 1. The van der Waals surface area contributed by atoms with Crippen LogP contribution in [-0.2, 0) is 16.4 Å². The molecule has 28 heavy (non-hydrogen) atoms. The molecule has 0 aromatic heterocycles. The third-order valence-corrected chi connectivity index (χ3v) is 7.29. The third-order valence-electron chi connectivity index (χ3n) is 5.00. The lowest BCUT2D eigenvalue weighted by molar-refractivity contribution is 0.0954. The van der Waals surface area contributed by atoms with Gasteiger partial charge in [0.05, 0.1) is 4.90 Å². The molecule has 0 aliphatic carbocycles. The molecular weight excluding hydrogens is 396 g/mol. The molecule has 0 unspecified atom stereocenters. The van der Waals surface area contributed by atoms with Gasteiger partial charge in [-0.3, -0.25) is 4.79 Å². The van der Waals surface area contributed by atoms with Crippen LogP contribution in [0.25, 0.3) is 0 Å². The number of sulfonamides is 1. The molecule has 0 bridgehead atoms. The topological polar surface area (TPSA) is 66.5 Å². The molecule has 0 atom stereocenters. The number of rotatable bonds is 6. The van der Waals surface area contributed by atoms with Gasteiger partial charge in [0.1, 0.15) is 0 Å². The van der Waals surface area contributed by atoms with E-state index in [1.165, 1.54) is 10.4 Å². The lowest BCUT2D eigenvalue weighted by Gasteiger charge is -2.26. The first-order valence-electron chi connectivity index (χ1n) is 9.51.